The molecule has 0 aromatic heterocycles. The smallest absolute Gasteiger partial charge is 0.180 e. The van der Waals surface area contributed by atoms with Gasteiger partial charge in [0.1, 0.15) is 11.2 Å². The number of nitrogens with zero attached hydrogens (tertiary/aromatic N) is 1. The molecule has 3 aromatic rings. The molecular formula is C31H26FNO3. The molecule has 3 aliphatic rings. The van der Waals surface area contributed by atoms with Crippen molar-refractivity contribution in [2.24, 2.45) is 10.8 Å². The normalized spacial score (nSPS) is 23.6. The molecule has 3 atom stereocenters. The molecule has 0 saturated carbocycles. The van der Waals surface area contributed by atoms with Crippen molar-refractivity contribution in [3.05, 3.63) is 107 Å². The Morgan fingerprint density at radius 3 is 2.11 bits per heavy atom. The molecule has 1 spiro atoms. The number of anilines is 1. The highest BCUT2D eigenvalue weighted by molar-refractivity contribution is 6.32. The fourth-order valence-corrected chi connectivity index (χ4v) is 6.42. The van der Waals surface area contributed by atoms with Gasteiger partial charge in [0.2, 0.25) is 0 Å². The lowest BCUT2D eigenvalue weighted by Gasteiger charge is -2.38. The number of Topliss-reactive ketones (excluding diaryl/α,β-unsaturated/α-hetero) is 3. The lowest BCUT2D eigenvalue weighted by molar-refractivity contribution is -0.127. The van der Waals surface area contributed by atoms with Gasteiger partial charge in [-0.2, -0.15) is 0 Å². The van der Waals surface area contributed by atoms with E-state index in [4.69, 9.17) is 0 Å². The molecule has 0 amide bonds. The van der Waals surface area contributed by atoms with E-state index >= 15 is 0 Å². The summed E-state index contributed by atoms with van der Waals surface area (Å²) in [5, 5.41) is 0. The zero-order valence-electron chi connectivity index (χ0n) is 20.4. The first-order valence-corrected chi connectivity index (χ1v) is 12.2. The molecule has 0 radical (unpaired) electrons. The molecule has 5 heteroatoms. The number of ketones is 3. The van der Waals surface area contributed by atoms with E-state index in [1.807, 2.05) is 62.1 Å². The molecule has 1 aliphatic carbocycles. The van der Waals surface area contributed by atoms with Crippen LogP contribution in [0.15, 0.2) is 78.9 Å². The molecular weight excluding hydrogens is 453 g/mol. The lowest BCUT2D eigenvalue weighted by Crippen LogP contribution is -2.49. The van der Waals surface area contributed by atoms with Crippen molar-refractivity contribution in [3.8, 4) is 0 Å². The van der Waals surface area contributed by atoms with E-state index in [1.54, 1.807) is 36.4 Å². The molecule has 2 heterocycles. The van der Waals surface area contributed by atoms with Crippen LogP contribution in [0, 0.1) is 16.6 Å². The van der Waals surface area contributed by atoms with Crippen LogP contribution in [0.3, 0.4) is 0 Å². The lowest BCUT2D eigenvalue weighted by atomic mass is 9.63. The Morgan fingerprint density at radius 1 is 0.889 bits per heavy atom. The molecule has 3 unspecified atom stereocenters. The molecule has 3 aromatic carbocycles. The third kappa shape index (κ3) is 2.83. The quantitative estimate of drug-likeness (QED) is 0.431. The van der Waals surface area contributed by atoms with Crippen molar-refractivity contribution >= 4 is 29.1 Å². The SMILES string of the molecule is CC(C)(C)C(=O)C1C(c2ccccc2)C2(C(=O)c3ccccc3C2=O)C2C=Cc3cc(F)ccc3N12. The number of hydrogen-bond donors (Lipinski definition) is 0. The predicted molar refractivity (Wildman–Crippen MR) is 137 cm³/mol. The summed E-state index contributed by atoms with van der Waals surface area (Å²) in [5.41, 5.74) is 0.571. The second kappa shape index (κ2) is 7.57. The monoisotopic (exact) mass is 479 g/mol. The van der Waals surface area contributed by atoms with E-state index < -0.39 is 28.8 Å². The second-order valence-electron chi connectivity index (χ2n) is 10.9. The van der Waals surface area contributed by atoms with Gasteiger partial charge < -0.3 is 4.90 Å². The average molecular weight is 480 g/mol. The van der Waals surface area contributed by atoms with Crippen LogP contribution in [0.25, 0.3) is 6.08 Å². The Labute approximate surface area is 209 Å². The van der Waals surface area contributed by atoms with Crippen molar-refractivity contribution < 1.29 is 18.8 Å². The molecule has 6 rings (SSSR count). The van der Waals surface area contributed by atoms with E-state index in [9.17, 15) is 18.8 Å². The summed E-state index contributed by atoms with van der Waals surface area (Å²) in [6, 6.07) is 19.3. The molecule has 1 saturated heterocycles. The Bertz CT molecular complexity index is 1430. The number of fused-ring (bicyclic) bond motifs is 5. The largest absolute Gasteiger partial charge is 0.352 e. The minimum absolute atomic E-state index is 0.0691. The maximum Gasteiger partial charge on any atom is 0.180 e. The second-order valence-corrected chi connectivity index (χ2v) is 10.9. The molecule has 4 nitrogen and oxygen atoms in total. The number of halogens is 1. The highest BCUT2D eigenvalue weighted by Crippen LogP contribution is 2.61. The van der Waals surface area contributed by atoms with Crippen LogP contribution in [-0.2, 0) is 4.79 Å². The molecule has 0 N–H and O–H groups in total. The maximum atomic E-state index is 14.4. The number of benzene rings is 3. The number of carbonyl (C=O) groups is 3. The van der Waals surface area contributed by atoms with Gasteiger partial charge in [-0.15, -0.1) is 0 Å². The van der Waals surface area contributed by atoms with Gasteiger partial charge in [-0.05, 0) is 23.8 Å². The molecule has 1 fully saturated rings. The minimum Gasteiger partial charge on any atom is -0.352 e. The van der Waals surface area contributed by atoms with Gasteiger partial charge in [-0.25, -0.2) is 4.39 Å². The topological polar surface area (TPSA) is 54.5 Å². The standard InChI is InChI=1S/C31H26FNO3/c1-30(2,3)29(36)26-25(18-9-5-4-6-10-18)31(27(34)21-11-7-8-12-22(21)28(31)35)24-16-13-19-17-20(32)14-15-23(19)33(24)26/h4-17,24-26H,1-3H3. The third-order valence-electron chi connectivity index (χ3n) is 7.93. The summed E-state index contributed by atoms with van der Waals surface area (Å²) in [6.07, 6.45) is 3.59. The fourth-order valence-electron chi connectivity index (χ4n) is 6.42. The Balaban J connectivity index is 1.70. The van der Waals surface area contributed by atoms with Gasteiger partial charge >= 0.3 is 0 Å². The summed E-state index contributed by atoms with van der Waals surface area (Å²) < 4.78 is 14.2. The number of rotatable bonds is 2. The van der Waals surface area contributed by atoms with E-state index in [2.05, 4.69) is 0 Å². The highest BCUT2D eigenvalue weighted by Gasteiger charge is 2.71. The van der Waals surface area contributed by atoms with Gasteiger partial charge in [0.25, 0.3) is 0 Å². The van der Waals surface area contributed by atoms with Crippen molar-refractivity contribution in [1.82, 2.24) is 0 Å². The van der Waals surface area contributed by atoms with E-state index in [0.29, 0.717) is 22.4 Å². The van der Waals surface area contributed by atoms with Gasteiger partial charge in [-0.3, -0.25) is 14.4 Å². The number of hydrogen-bond acceptors (Lipinski definition) is 4. The van der Waals surface area contributed by atoms with Crippen molar-refractivity contribution in [2.45, 2.75) is 38.8 Å². The summed E-state index contributed by atoms with van der Waals surface area (Å²) >= 11 is 0. The highest BCUT2D eigenvalue weighted by atomic mass is 19.1. The van der Waals surface area contributed by atoms with Crippen LogP contribution >= 0.6 is 0 Å². The van der Waals surface area contributed by atoms with Crippen LogP contribution in [0.5, 0.6) is 0 Å². The van der Waals surface area contributed by atoms with Gasteiger partial charge in [0.05, 0.1) is 12.1 Å². The maximum absolute atomic E-state index is 14.4. The zero-order chi connectivity index (χ0) is 25.4. The summed E-state index contributed by atoms with van der Waals surface area (Å²) in [4.78, 5) is 45.0. The summed E-state index contributed by atoms with van der Waals surface area (Å²) in [5.74, 6) is -1.69. The Hall–Kier alpha value is -3.86. The summed E-state index contributed by atoms with van der Waals surface area (Å²) in [7, 11) is 0. The van der Waals surface area contributed by atoms with E-state index in [-0.39, 0.29) is 23.2 Å². The van der Waals surface area contributed by atoms with Crippen LogP contribution in [0.4, 0.5) is 10.1 Å². The first-order chi connectivity index (χ1) is 17.2. The van der Waals surface area contributed by atoms with Crippen LogP contribution in [-0.4, -0.2) is 29.4 Å². The van der Waals surface area contributed by atoms with Crippen molar-refractivity contribution in [2.75, 3.05) is 4.90 Å². The first-order valence-electron chi connectivity index (χ1n) is 12.2. The predicted octanol–water partition coefficient (Wildman–Crippen LogP) is 5.87. The Morgan fingerprint density at radius 2 is 1.50 bits per heavy atom. The van der Waals surface area contributed by atoms with Gasteiger partial charge in [0, 0.05) is 33.7 Å². The zero-order valence-corrected chi connectivity index (χ0v) is 20.4. The third-order valence-corrected chi connectivity index (χ3v) is 7.93. The molecule has 0 bridgehead atoms. The van der Waals surface area contributed by atoms with Crippen molar-refractivity contribution in [1.29, 1.82) is 0 Å². The molecule has 2 aliphatic heterocycles. The van der Waals surface area contributed by atoms with Gasteiger partial charge in [0.15, 0.2) is 17.3 Å². The first kappa shape index (κ1) is 22.6. The van der Waals surface area contributed by atoms with Crippen molar-refractivity contribution in [3.63, 3.8) is 0 Å². The minimum atomic E-state index is -1.51. The van der Waals surface area contributed by atoms with E-state index in [0.717, 1.165) is 5.56 Å². The van der Waals surface area contributed by atoms with Crippen LogP contribution in [0.1, 0.15) is 58.5 Å². The van der Waals surface area contributed by atoms with Crippen LogP contribution < -0.4 is 4.90 Å². The Kier molecular flexibility index (Phi) is 4.75. The molecule has 180 valence electrons. The summed E-state index contributed by atoms with van der Waals surface area (Å²) in [6.45, 7) is 5.57. The average Bonchev–Trinajstić information content (AvgIpc) is 3.29. The molecule has 36 heavy (non-hydrogen) atoms. The van der Waals surface area contributed by atoms with E-state index in [1.165, 1.54) is 12.1 Å². The number of carbonyl (C=O) groups excluding carboxylic acids is 3. The fraction of sp³-hybridized carbons (Fsp3) is 0.258. The van der Waals surface area contributed by atoms with Crippen LogP contribution in [0.2, 0.25) is 0 Å². The van der Waals surface area contributed by atoms with Gasteiger partial charge in [-0.1, -0.05) is 87.5 Å².